The van der Waals surface area contributed by atoms with E-state index in [9.17, 15) is 0 Å². The molecule has 0 aliphatic carbocycles. The Balaban J connectivity index is 1.82. The van der Waals surface area contributed by atoms with Crippen LogP contribution in [0.1, 0.15) is 44.1 Å². The summed E-state index contributed by atoms with van der Waals surface area (Å²) in [6.07, 6.45) is 5.07. The Morgan fingerprint density at radius 3 is 3.06 bits per heavy atom. The molecule has 0 amide bonds. The summed E-state index contributed by atoms with van der Waals surface area (Å²) >= 11 is 0. The van der Waals surface area contributed by atoms with Crippen molar-refractivity contribution in [3.8, 4) is 5.75 Å². The van der Waals surface area contributed by atoms with Crippen molar-refractivity contribution in [1.29, 1.82) is 0 Å². The van der Waals surface area contributed by atoms with Gasteiger partial charge in [0.2, 0.25) is 0 Å². The molecule has 1 aliphatic rings. The van der Waals surface area contributed by atoms with Gasteiger partial charge < -0.3 is 10.1 Å². The van der Waals surface area contributed by atoms with Gasteiger partial charge in [-0.3, -0.25) is 0 Å². The summed E-state index contributed by atoms with van der Waals surface area (Å²) in [4.78, 5) is 0. The molecule has 1 heterocycles. The first-order valence-corrected chi connectivity index (χ1v) is 6.84. The van der Waals surface area contributed by atoms with Crippen molar-refractivity contribution in [2.24, 2.45) is 0 Å². The minimum Gasteiger partial charge on any atom is -0.493 e. The summed E-state index contributed by atoms with van der Waals surface area (Å²) in [6, 6.07) is 8.51. The number of unbranched alkanes of at least 4 members (excludes halogenated alkanes) is 1. The molecule has 1 atom stereocenters. The number of para-hydroxylation sites is 1. The van der Waals surface area contributed by atoms with Gasteiger partial charge in [-0.25, -0.2) is 0 Å². The highest BCUT2D eigenvalue weighted by molar-refractivity contribution is 5.37. The van der Waals surface area contributed by atoms with Gasteiger partial charge in [0.15, 0.2) is 0 Å². The maximum atomic E-state index is 5.69. The van der Waals surface area contributed by atoms with Gasteiger partial charge in [-0.2, -0.15) is 0 Å². The number of fused-ring (bicyclic) bond motifs is 1. The van der Waals surface area contributed by atoms with Crippen molar-refractivity contribution in [3.63, 3.8) is 0 Å². The summed E-state index contributed by atoms with van der Waals surface area (Å²) in [5.74, 6) is 1.82. The van der Waals surface area contributed by atoms with Gasteiger partial charge in [-0.15, -0.1) is 0 Å². The molecule has 0 bridgehead atoms. The number of rotatable bonds is 6. The zero-order valence-electron chi connectivity index (χ0n) is 10.7. The van der Waals surface area contributed by atoms with Gasteiger partial charge in [-0.05, 0) is 49.9 Å². The Morgan fingerprint density at radius 1 is 1.29 bits per heavy atom. The highest BCUT2D eigenvalue weighted by Crippen LogP contribution is 2.36. The van der Waals surface area contributed by atoms with E-state index >= 15 is 0 Å². The summed E-state index contributed by atoms with van der Waals surface area (Å²) in [6.45, 7) is 5.28. The average Bonchev–Trinajstić information content (AvgIpc) is 2.39. The van der Waals surface area contributed by atoms with E-state index in [2.05, 4.69) is 36.5 Å². The first-order valence-electron chi connectivity index (χ1n) is 6.84. The summed E-state index contributed by atoms with van der Waals surface area (Å²) in [5, 5.41) is 3.38. The second-order valence-electron chi connectivity index (χ2n) is 4.72. The van der Waals surface area contributed by atoms with E-state index < -0.39 is 0 Å². The fourth-order valence-corrected chi connectivity index (χ4v) is 2.53. The molecule has 0 aromatic heterocycles. The van der Waals surface area contributed by atoms with Crippen LogP contribution in [0.25, 0.3) is 0 Å². The average molecular weight is 233 g/mol. The molecule has 2 heteroatoms. The molecule has 0 saturated heterocycles. The summed E-state index contributed by atoms with van der Waals surface area (Å²) in [7, 11) is 0. The van der Waals surface area contributed by atoms with Crippen LogP contribution in [0.15, 0.2) is 24.3 Å². The van der Waals surface area contributed by atoms with E-state index in [0.717, 1.165) is 25.4 Å². The predicted molar refractivity (Wildman–Crippen MR) is 71.7 cm³/mol. The highest BCUT2D eigenvalue weighted by Gasteiger charge is 2.20. The van der Waals surface area contributed by atoms with Crippen LogP contribution in [-0.4, -0.2) is 19.7 Å². The number of benzene rings is 1. The van der Waals surface area contributed by atoms with Crippen LogP contribution in [0.5, 0.6) is 5.75 Å². The van der Waals surface area contributed by atoms with Crippen LogP contribution in [-0.2, 0) is 0 Å². The highest BCUT2D eigenvalue weighted by atomic mass is 16.5. The lowest BCUT2D eigenvalue weighted by Crippen LogP contribution is -2.16. The van der Waals surface area contributed by atoms with Crippen LogP contribution in [0.4, 0.5) is 0 Å². The van der Waals surface area contributed by atoms with Crippen molar-refractivity contribution in [3.05, 3.63) is 29.8 Å². The third-order valence-electron chi connectivity index (χ3n) is 3.49. The maximum Gasteiger partial charge on any atom is 0.122 e. The van der Waals surface area contributed by atoms with E-state index in [4.69, 9.17) is 4.74 Å². The molecule has 0 radical (unpaired) electrons. The summed E-state index contributed by atoms with van der Waals surface area (Å²) in [5.41, 5.74) is 1.42. The van der Waals surface area contributed by atoms with Crippen molar-refractivity contribution in [2.45, 2.75) is 38.5 Å². The number of nitrogens with one attached hydrogen (secondary N) is 1. The Bertz CT molecular complexity index is 337. The molecule has 1 aromatic carbocycles. The van der Waals surface area contributed by atoms with Crippen molar-refractivity contribution < 1.29 is 4.74 Å². The molecule has 2 rings (SSSR count). The van der Waals surface area contributed by atoms with Gasteiger partial charge in [0.25, 0.3) is 0 Å². The van der Waals surface area contributed by atoms with Gasteiger partial charge >= 0.3 is 0 Å². The third-order valence-corrected chi connectivity index (χ3v) is 3.49. The van der Waals surface area contributed by atoms with Crippen molar-refractivity contribution in [2.75, 3.05) is 19.7 Å². The third kappa shape index (κ3) is 3.47. The molecule has 1 unspecified atom stereocenters. The molecule has 0 fully saturated rings. The molecule has 2 nitrogen and oxygen atoms in total. The molecule has 1 aliphatic heterocycles. The lowest BCUT2D eigenvalue weighted by atomic mass is 9.89. The van der Waals surface area contributed by atoms with Gasteiger partial charge in [-0.1, -0.05) is 31.5 Å². The fraction of sp³-hybridized carbons (Fsp3) is 0.600. The fourth-order valence-electron chi connectivity index (χ4n) is 2.53. The van der Waals surface area contributed by atoms with Crippen LogP contribution in [0, 0.1) is 0 Å². The van der Waals surface area contributed by atoms with Crippen molar-refractivity contribution >= 4 is 0 Å². The molecule has 0 spiro atoms. The van der Waals surface area contributed by atoms with Crippen molar-refractivity contribution in [1.82, 2.24) is 5.32 Å². The molecular formula is C15H23NO. The molecule has 94 valence electrons. The van der Waals surface area contributed by atoms with E-state index in [1.807, 2.05) is 0 Å². The lowest BCUT2D eigenvalue weighted by Gasteiger charge is -2.25. The van der Waals surface area contributed by atoms with Gasteiger partial charge in [0, 0.05) is 0 Å². The maximum absolute atomic E-state index is 5.69. The quantitative estimate of drug-likeness (QED) is 0.761. The lowest BCUT2D eigenvalue weighted by molar-refractivity contribution is 0.261. The summed E-state index contributed by atoms with van der Waals surface area (Å²) < 4.78 is 5.69. The Hall–Kier alpha value is -1.02. The minimum absolute atomic E-state index is 0.710. The van der Waals surface area contributed by atoms with Crippen LogP contribution >= 0.6 is 0 Å². The van der Waals surface area contributed by atoms with E-state index in [-0.39, 0.29) is 0 Å². The van der Waals surface area contributed by atoms with Crippen LogP contribution < -0.4 is 10.1 Å². The normalized spacial score (nSPS) is 18.5. The number of ether oxygens (including phenoxy) is 1. The molecular weight excluding hydrogens is 210 g/mol. The minimum atomic E-state index is 0.710. The SMILES string of the molecule is CCNCCCCC1CCOc2ccccc21. The second-order valence-corrected chi connectivity index (χ2v) is 4.72. The first-order chi connectivity index (χ1) is 8.42. The smallest absolute Gasteiger partial charge is 0.122 e. The van der Waals surface area contributed by atoms with E-state index in [0.29, 0.717) is 5.92 Å². The van der Waals surface area contributed by atoms with E-state index in [1.165, 1.54) is 31.2 Å². The second kappa shape index (κ2) is 6.65. The van der Waals surface area contributed by atoms with Crippen LogP contribution in [0.3, 0.4) is 0 Å². The zero-order valence-corrected chi connectivity index (χ0v) is 10.7. The van der Waals surface area contributed by atoms with Gasteiger partial charge in [0.05, 0.1) is 6.61 Å². The Morgan fingerprint density at radius 2 is 2.18 bits per heavy atom. The molecule has 1 aromatic rings. The van der Waals surface area contributed by atoms with E-state index in [1.54, 1.807) is 0 Å². The predicted octanol–water partition coefficient (Wildman–Crippen LogP) is 3.33. The molecule has 1 N–H and O–H groups in total. The largest absolute Gasteiger partial charge is 0.493 e. The standard InChI is InChI=1S/C15H23NO/c1-2-16-11-6-5-7-13-10-12-17-15-9-4-3-8-14(13)15/h3-4,8-9,13,16H,2,5-7,10-12H2,1H3. The molecule has 17 heavy (non-hydrogen) atoms. The number of hydrogen-bond donors (Lipinski definition) is 1. The van der Waals surface area contributed by atoms with Crippen LogP contribution in [0.2, 0.25) is 0 Å². The first kappa shape index (κ1) is 12.4. The Kier molecular flexibility index (Phi) is 4.87. The monoisotopic (exact) mass is 233 g/mol. The molecule has 0 saturated carbocycles. The van der Waals surface area contributed by atoms with Gasteiger partial charge in [0.1, 0.15) is 5.75 Å². The topological polar surface area (TPSA) is 21.3 Å². The Labute approximate surface area is 104 Å². The zero-order chi connectivity index (χ0) is 11.9. The number of hydrogen-bond acceptors (Lipinski definition) is 2.